The van der Waals surface area contributed by atoms with Crippen molar-refractivity contribution in [1.29, 1.82) is 0 Å². The highest BCUT2D eigenvalue weighted by molar-refractivity contribution is 5.78. The Morgan fingerprint density at radius 2 is 2.17 bits per heavy atom. The molecule has 1 unspecified atom stereocenters. The molecule has 1 aliphatic carbocycles. The summed E-state index contributed by atoms with van der Waals surface area (Å²) in [7, 11) is 0. The molecular formula is C16H20O2. The third-order valence-electron chi connectivity index (χ3n) is 3.55. The first-order chi connectivity index (χ1) is 8.61. The number of allylic oxidation sites excluding steroid dienone is 2. The van der Waals surface area contributed by atoms with Crippen molar-refractivity contribution in [2.24, 2.45) is 0 Å². The number of aliphatic carboxylic acids is 1. The van der Waals surface area contributed by atoms with Crippen LogP contribution in [-0.2, 0) is 4.79 Å². The monoisotopic (exact) mass is 244 g/mol. The summed E-state index contributed by atoms with van der Waals surface area (Å²) in [6.07, 6.45) is 5.75. The van der Waals surface area contributed by atoms with Crippen LogP contribution in [0.2, 0.25) is 0 Å². The lowest BCUT2D eigenvalue weighted by Gasteiger charge is -2.09. The van der Waals surface area contributed by atoms with E-state index in [0.717, 1.165) is 6.42 Å². The number of benzene rings is 1. The van der Waals surface area contributed by atoms with E-state index in [1.54, 1.807) is 0 Å². The Balaban J connectivity index is 2.31. The molecule has 0 saturated heterocycles. The lowest BCUT2D eigenvalue weighted by Crippen LogP contribution is -2.02. The van der Waals surface area contributed by atoms with Gasteiger partial charge in [-0.1, -0.05) is 43.2 Å². The van der Waals surface area contributed by atoms with Gasteiger partial charge in [-0.25, -0.2) is 0 Å². The van der Waals surface area contributed by atoms with E-state index in [4.69, 9.17) is 5.11 Å². The standard InChI is InChI=1S/C16H20O2/c1-3-4-5-12-9-13(10-16(17)18)15-8-11(2)6-7-14(12)15/h6-9,13H,3-5,10H2,1-2H3,(H,17,18). The van der Waals surface area contributed by atoms with E-state index in [1.807, 2.05) is 0 Å². The Hall–Kier alpha value is -1.57. The van der Waals surface area contributed by atoms with Crippen molar-refractivity contribution < 1.29 is 9.90 Å². The molecule has 0 aromatic heterocycles. The SMILES string of the molecule is CCCCC1=CC(CC(=O)O)c2cc(C)ccc21. The first kappa shape index (κ1) is 12.9. The Labute approximate surface area is 108 Å². The summed E-state index contributed by atoms with van der Waals surface area (Å²) in [6, 6.07) is 6.40. The minimum atomic E-state index is -0.722. The van der Waals surface area contributed by atoms with Gasteiger partial charge in [0.1, 0.15) is 0 Å². The van der Waals surface area contributed by atoms with Gasteiger partial charge < -0.3 is 5.11 Å². The number of fused-ring (bicyclic) bond motifs is 1. The average molecular weight is 244 g/mol. The van der Waals surface area contributed by atoms with E-state index >= 15 is 0 Å². The molecule has 1 aromatic carbocycles. The van der Waals surface area contributed by atoms with Crippen molar-refractivity contribution in [2.45, 2.75) is 45.4 Å². The molecule has 0 saturated carbocycles. The number of carboxylic acid groups (broad SMARTS) is 1. The molecule has 1 N–H and O–H groups in total. The summed E-state index contributed by atoms with van der Waals surface area (Å²) in [5.41, 5.74) is 5.00. The molecule has 0 spiro atoms. The van der Waals surface area contributed by atoms with Gasteiger partial charge in [0.05, 0.1) is 6.42 Å². The highest BCUT2D eigenvalue weighted by atomic mass is 16.4. The van der Waals surface area contributed by atoms with Gasteiger partial charge in [-0.2, -0.15) is 0 Å². The maximum atomic E-state index is 10.9. The van der Waals surface area contributed by atoms with Crippen molar-refractivity contribution in [3.63, 3.8) is 0 Å². The van der Waals surface area contributed by atoms with Crippen LogP contribution in [0.25, 0.3) is 5.57 Å². The summed E-state index contributed by atoms with van der Waals surface area (Å²) in [4.78, 5) is 10.9. The number of carbonyl (C=O) groups is 1. The van der Waals surface area contributed by atoms with Crippen LogP contribution in [0.15, 0.2) is 24.3 Å². The van der Waals surface area contributed by atoms with Crippen molar-refractivity contribution in [3.8, 4) is 0 Å². The molecular weight excluding hydrogens is 224 g/mol. The highest BCUT2D eigenvalue weighted by Crippen LogP contribution is 2.40. The molecule has 0 heterocycles. The first-order valence-electron chi connectivity index (χ1n) is 6.65. The fourth-order valence-corrected chi connectivity index (χ4v) is 2.65. The third-order valence-corrected chi connectivity index (χ3v) is 3.55. The van der Waals surface area contributed by atoms with Crippen LogP contribution in [0.4, 0.5) is 0 Å². The van der Waals surface area contributed by atoms with E-state index in [9.17, 15) is 4.79 Å². The van der Waals surface area contributed by atoms with Crippen LogP contribution in [0.3, 0.4) is 0 Å². The second-order valence-electron chi connectivity index (χ2n) is 5.09. The molecule has 1 aliphatic rings. The topological polar surface area (TPSA) is 37.3 Å². The quantitative estimate of drug-likeness (QED) is 0.845. The van der Waals surface area contributed by atoms with Crippen molar-refractivity contribution in [1.82, 2.24) is 0 Å². The molecule has 2 rings (SSSR count). The van der Waals surface area contributed by atoms with Crippen LogP contribution in [-0.4, -0.2) is 11.1 Å². The number of unbranched alkanes of at least 4 members (excludes halogenated alkanes) is 1. The first-order valence-corrected chi connectivity index (χ1v) is 6.65. The van der Waals surface area contributed by atoms with Gasteiger partial charge in [0.25, 0.3) is 0 Å². The molecule has 2 heteroatoms. The zero-order chi connectivity index (χ0) is 13.1. The molecule has 1 atom stereocenters. The van der Waals surface area contributed by atoms with Crippen molar-refractivity contribution >= 4 is 11.5 Å². The van der Waals surface area contributed by atoms with Gasteiger partial charge in [-0.05, 0) is 36.5 Å². The van der Waals surface area contributed by atoms with Crippen LogP contribution in [0, 0.1) is 6.92 Å². The number of rotatable bonds is 5. The molecule has 18 heavy (non-hydrogen) atoms. The van der Waals surface area contributed by atoms with Crippen LogP contribution in [0.5, 0.6) is 0 Å². The number of aryl methyl sites for hydroxylation is 1. The predicted octanol–water partition coefficient (Wildman–Crippen LogP) is 4.14. The fourth-order valence-electron chi connectivity index (χ4n) is 2.65. The lowest BCUT2D eigenvalue weighted by atomic mass is 9.95. The van der Waals surface area contributed by atoms with Crippen LogP contribution >= 0.6 is 0 Å². The molecule has 0 radical (unpaired) electrons. The second-order valence-corrected chi connectivity index (χ2v) is 5.09. The maximum Gasteiger partial charge on any atom is 0.304 e. The van der Waals surface area contributed by atoms with Gasteiger partial charge >= 0.3 is 5.97 Å². The zero-order valence-corrected chi connectivity index (χ0v) is 11.1. The van der Waals surface area contributed by atoms with Gasteiger partial charge in [-0.15, -0.1) is 0 Å². The largest absolute Gasteiger partial charge is 0.481 e. The molecule has 0 aliphatic heterocycles. The molecule has 0 amide bonds. The summed E-state index contributed by atoms with van der Waals surface area (Å²) in [5.74, 6) is -0.662. The van der Waals surface area contributed by atoms with Crippen LogP contribution in [0.1, 0.15) is 55.2 Å². The number of hydrogen-bond acceptors (Lipinski definition) is 1. The molecule has 96 valence electrons. The van der Waals surface area contributed by atoms with Crippen molar-refractivity contribution in [2.75, 3.05) is 0 Å². The molecule has 0 bridgehead atoms. The summed E-state index contributed by atoms with van der Waals surface area (Å²) < 4.78 is 0. The van der Waals surface area contributed by atoms with E-state index in [-0.39, 0.29) is 12.3 Å². The third kappa shape index (κ3) is 2.63. The fraction of sp³-hybridized carbons (Fsp3) is 0.438. The Kier molecular flexibility index (Phi) is 3.85. The number of hydrogen-bond donors (Lipinski definition) is 1. The van der Waals surface area contributed by atoms with Crippen LogP contribution < -0.4 is 0 Å². The Morgan fingerprint density at radius 1 is 1.39 bits per heavy atom. The Morgan fingerprint density at radius 3 is 2.83 bits per heavy atom. The van der Waals surface area contributed by atoms with Crippen molar-refractivity contribution in [3.05, 3.63) is 41.0 Å². The summed E-state index contributed by atoms with van der Waals surface area (Å²) in [6.45, 7) is 4.24. The minimum Gasteiger partial charge on any atom is -0.481 e. The van der Waals surface area contributed by atoms with Gasteiger partial charge in [0.15, 0.2) is 0 Å². The second kappa shape index (κ2) is 5.38. The molecule has 1 aromatic rings. The zero-order valence-electron chi connectivity index (χ0n) is 11.1. The number of carboxylic acids is 1. The molecule has 2 nitrogen and oxygen atoms in total. The van der Waals surface area contributed by atoms with E-state index < -0.39 is 5.97 Å². The smallest absolute Gasteiger partial charge is 0.304 e. The van der Waals surface area contributed by atoms with E-state index in [2.05, 4.69) is 38.1 Å². The predicted molar refractivity (Wildman–Crippen MR) is 73.7 cm³/mol. The van der Waals surface area contributed by atoms with E-state index in [1.165, 1.54) is 35.1 Å². The lowest BCUT2D eigenvalue weighted by molar-refractivity contribution is -0.137. The van der Waals surface area contributed by atoms with E-state index in [0.29, 0.717) is 0 Å². The van der Waals surface area contributed by atoms with Gasteiger partial charge in [0.2, 0.25) is 0 Å². The van der Waals surface area contributed by atoms with Gasteiger partial charge in [0, 0.05) is 5.92 Å². The Bertz CT molecular complexity index is 486. The normalized spacial score (nSPS) is 17.4. The average Bonchev–Trinajstić information content (AvgIpc) is 2.64. The summed E-state index contributed by atoms with van der Waals surface area (Å²) >= 11 is 0. The molecule has 0 fully saturated rings. The van der Waals surface area contributed by atoms with Gasteiger partial charge in [-0.3, -0.25) is 4.79 Å². The minimum absolute atomic E-state index is 0.0595. The highest BCUT2D eigenvalue weighted by Gasteiger charge is 2.24. The summed E-state index contributed by atoms with van der Waals surface area (Å²) in [5, 5.41) is 9.00. The maximum absolute atomic E-state index is 10.9.